The van der Waals surface area contributed by atoms with E-state index in [1.807, 2.05) is 6.92 Å². The summed E-state index contributed by atoms with van der Waals surface area (Å²) in [5.74, 6) is -0.365. The Morgan fingerprint density at radius 3 is 2.87 bits per heavy atom. The average molecular weight is 275 g/mol. The molecule has 15 heavy (non-hydrogen) atoms. The van der Waals surface area contributed by atoms with Crippen LogP contribution < -0.4 is 4.74 Å². The minimum absolute atomic E-state index is 0.0141. The first-order chi connectivity index (χ1) is 7.13. The molecule has 0 bridgehead atoms. The number of carbonyl (C=O) groups excluding carboxylic acids is 1. The lowest BCUT2D eigenvalue weighted by atomic mass is 10.2. The summed E-state index contributed by atoms with van der Waals surface area (Å²) in [7, 11) is 0. The van der Waals surface area contributed by atoms with Crippen LogP contribution in [-0.2, 0) is 4.79 Å². The van der Waals surface area contributed by atoms with E-state index in [0.717, 1.165) is 6.42 Å². The molecular formula is C11H12BrFO2. The topological polar surface area (TPSA) is 26.3 Å². The third-order valence-electron chi connectivity index (χ3n) is 1.81. The van der Waals surface area contributed by atoms with E-state index >= 15 is 0 Å². The van der Waals surface area contributed by atoms with Crippen molar-refractivity contribution in [2.75, 3.05) is 6.61 Å². The van der Waals surface area contributed by atoms with E-state index in [0.29, 0.717) is 10.9 Å². The van der Waals surface area contributed by atoms with E-state index in [4.69, 9.17) is 4.74 Å². The number of rotatable bonds is 5. The first-order valence-electron chi connectivity index (χ1n) is 4.73. The molecule has 1 rings (SSSR count). The maximum absolute atomic E-state index is 13.2. The van der Waals surface area contributed by atoms with E-state index in [2.05, 4.69) is 15.9 Å². The van der Waals surface area contributed by atoms with Gasteiger partial charge in [0.15, 0.2) is 17.3 Å². The second-order valence-electron chi connectivity index (χ2n) is 3.15. The van der Waals surface area contributed by atoms with Crippen LogP contribution in [0, 0.1) is 5.82 Å². The summed E-state index contributed by atoms with van der Waals surface area (Å²) in [5, 5.41) is 0. The Morgan fingerprint density at radius 1 is 1.53 bits per heavy atom. The van der Waals surface area contributed by atoms with Crippen LogP contribution in [0.15, 0.2) is 22.7 Å². The summed E-state index contributed by atoms with van der Waals surface area (Å²) >= 11 is 3.14. The van der Waals surface area contributed by atoms with Crippen molar-refractivity contribution in [3.8, 4) is 5.75 Å². The van der Waals surface area contributed by atoms with Crippen LogP contribution in [-0.4, -0.2) is 12.4 Å². The van der Waals surface area contributed by atoms with Gasteiger partial charge in [-0.25, -0.2) is 4.39 Å². The van der Waals surface area contributed by atoms with Crippen molar-refractivity contribution in [1.82, 2.24) is 0 Å². The Hall–Kier alpha value is -0.900. The van der Waals surface area contributed by atoms with Crippen molar-refractivity contribution >= 4 is 21.7 Å². The fourth-order valence-electron chi connectivity index (χ4n) is 1.10. The Kier molecular flexibility index (Phi) is 4.75. The van der Waals surface area contributed by atoms with Gasteiger partial charge in [0, 0.05) is 10.9 Å². The molecule has 0 saturated carbocycles. The van der Waals surface area contributed by atoms with Crippen LogP contribution in [0.5, 0.6) is 5.75 Å². The van der Waals surface area contributed by atoms with Crippen LogP contribution in [0.1, 0.15) is 19.8 Å². The molecule has 2 nitrogen and oxygen atoms in total. The van der Waals surface area contributed by atoms with Gasteiger partial charge in [-0.1, -0.05) is 22.9 Å². The van der Waals surface area contributed by atoms with Gasteiger partial charge in [-0.15, -0.1) is 0 Å². The second kappa shape index (κ2) is 5.85. The van der Waals surface area contributed by atoms with Crippen molar-refractivity contribution in [3.05, 3.63) is 28.5 Å². The van der Waals surface area contributed by atoms with Gasteiger partial charge in [0.2, 0.25) is 0 Å². The van der Waals surface area contributed by atoms with E-state index in [-0.39, 0.29) is 18.1 Å². The monoisotopic (exact) mass is 274 g/mol. The quantitative estimate of drug-likeness (QED) is 0.823. The number of ketones is 1. The maximum atomic E-state index is 13.2. The molecule has 1 aromatic carbocycles. The highest BCUT2D eigenvalue weighted by atomic mass is 79.9. The van der Waals surface area contributed by atoms with Crippen LogP contribution in [0.2, 0.25) is 0 Å². The number of ether oxygens (including phenoxy) is 1. The fourth-order valence-corrected chi connectivity index (χ4v) is 1.43. The Balaban J connectivity index is 2.54. The van der Waals surface area contributed by atoms with Gasteiger partial charge in [0.05, 0.1) is 0 Å². The molecule has 0 aliphatic carbocycles. The van der Waals surface area contributed by atoms with Crippen LogP contribution in [0.25, 0.3) is 0 Å². The van der Waals surface area contributed by atoms with E-state index < -0.39 is 5.82 Å². The van der Waals surface area contributed by atoms with Crippen molar-refractivity contribution in [3.63, 3.8) is 0 Å². The molecule has 0 aliphatic heterocycles. The summed E-state index contributed by atoms with van der Waals surface area (Å²) in [6, 6.07) is 4.47. The molecule has 0 unspecified atom stereocenters. The third kappa shape index (κ3) is 4.00. The normalized spacial score (nSPS) is 10.1. The predicted octanol–water partition coefficient (Wildman–Crippen LogP) is 3.34. The first kappa shape index (κ1) is 12.2. The number of hydrogen-bond donors (Lipinski definition) is 0. The van der Waals surface area contributed by atoms with Crippen molar-refractivity contribution in [2.24, 2.45) is 0 Å². The van der Waals surface area contributed by atoms with Crippen molar-refractivity contribution in [2.45, 2.75) is 19.8 Å². The zero-order chi connectivity index (χ0) is 11.3. The summed E-state index contributed by atoms with van der Waals surface area (Å²) < 4.78 is 18.9. The molecule has 1 aromatic rings. The molecule has 0 spiro atoms. The number of Topliss-reactive ketones (excluding diaryl/α,β-unsaturated/α-hetero) is 1. The Bertz CT molecular complexity index is 352. The summed E-state index contributed by atoms with van der Waals surface area (Å²) in [6.45, 7) is 1.85. The highest BCUT2D eigenvalue weighted by Gasteiger charge is 2.06. The number of hydrogen-bond acceptors (Lipinski definition) is 2. The lowest BCUT2D eigenvalue weighted by molar-refractivity contribution is -0.121. The minimum Gasteiger partial charge on any atom is -0.483 e. The van der Waals surface area contributed by atoms with E-state index in [1.165, 1.54) is 12.1 Å². The minimum atomic E-state index is -0.464. The molecule has 0 atom stereocenters. The van der Waals surface area contributed by atoms with E-state index in [9.17, 15) is 9.18 Å². The largest absolute Gasteiger partial charge is 0.483 e. The molecule has 0 N–H and O–H groups in total. The van der Waals surface area contributed by atoms with Gasteiger partial charge < -0.3 is 4.74 Å². The zero-order valence-corrected chi connectivity index (χ0v) is 10.0. The highest BCUT2D eigenvalue weighted by molar-refractivity contribution is 9.10. The van der Waals surface area contributed by atoms with Gasteiger partial charge in [0.25, 0.3) is 0 Å². The molecule has 0 heterocycles. The third-order valence-corrected chi connectivity index (χ3v) is 2.30. The first-order valence-corrected chi connectivity index (χ1v) is 5.52. The summed E-state index contributed by atoms with van der Waals surface area (Å²) in [4.78, 5) is 11.1. The molecule has 0 aromatic heterocycles. The summed E-state index contributed by atoms with van der Waals surface area (Å²) in [6.07, 6.45) is 1.25. The van der Waals surface area contributed by atoms with Gasteiger partial charge in [-0.05, 0) is 24.6 Å². The standard InChI is InChI=1S/C11H12BrFO2/c1-2-3-9(14)7-15-11-5-4-8(12)6-10(11)13/h4-6H,2-3,7H2,1H3. The highest BCUT2D eigenvalue weighted by Crippen LogP contribution is 2.21. The Morgan fingerprint density at radius 2 is 2.27 bits per heavy atom. The number of benzene rings is 1. The smallest absolute Gasteiger partial charge is 0.170 e. The lowest BCUT2D eigenvalue weighted by Gasteiger charge is -2.06. The van der Waals surface area contributed by atoms with Gasteiger partial charge in [-0.2, -0.15) is 0 Å². The fraction of sp³-hybridized carbons (Fsp3) is 0.364. The van der Waals surface area contributed by atoms with E-state index in [1.54, 1.807) is 6.07 Å². The maximum Gasteiger partial charge on any atom is 0.170 e. The SMILES string of the molecule is CCCC(=O)COc1ccc(Br)cc1F. The molecule has 0 radical (unpaired) electrons. The van der Waals surface area contributed by atoms with Gasteiger partial charge in [-0.3, -0.25) is 4.79 Å². The second-order valence-corrected chi connectivity index (χ2v) is 4.07. The Labute approximate surface area is 96.6 Å². The number of halogens is 2. The van der Waals surface area contributed by atoms with Gasteiger partial charge >= 0.3 is 0 Å². The molecular weight excluding hydrogens is 263 g/mol. The molecule has 4 heteroatoms. The zero-order valence-electron chi connectivity index (χ0n) is 8.43. The molecule has 0 amide bonds. The van der Waals surface area contributed by atoms with Crippen molar-refractivity contribution < 1.29 is 13.9 Å². The van der Waals surface area contributed by atoms with Crippen LogP contribution in [0.4, 0.5) is 4.39 Å². The number of carbonyl (C=O) groups is 1. The molecule has 0 fully saturated rings. The van der Waals surface area contributed by atoms with Crippen LogP contribution in [0.3, 0.4) is 0 Å². The van der Waals surface area contributed by atoms with Crippen LogP contribution >= 0.6 is 15.9 Å². The molecule has 0 saturated heterocycles. The summed E-state index contributed by atoms with van der Waals surface area (Å²) in [5.41, 5.74) is 0. The average Bonchev–Trinajstić information content (AvgIpc) is 2.17. The molecule has 0 aliphatic rings. The van der Waals surface area contributed by atoms with Gasteiger partial charge in [0.1, 0.15) is 6.61 Å². The lowest BCUT2D eigenvalue weighted by Crippen LogP contribution is -2.11. The van der Waals surface area contributed by atoms with Crippen molar-refractivity contribution in [1.29, 1.82) is 0 Å². The predicted molar refractivity (Wildman–Crippen MR) is 59.5 cm³/mol. The molecule has 82 valence electrons.